The molecule has 13 atom stereocenters. The number of benzene rings is 3. The van der Waals surface area contributed by atoms with Gasteiger partial charge in [0.1, 0.15) is 83.6 Å². The molecule has 1 heterocycles. The summed E-state index contributed by atoms with van der Waals surface area (Å²) in [5, 5.41) is 117. The summed E-state index contributed by atoms with van der Waals surface area (Å²) in [4.78, 5) is 163. The minimum absolute atomic E-state index is 0.0323. The van der Waals surface area contributed by atoms with Gasteiger partial charge >= 0.3 is 0 Å². The van der Waals surface area contributed by atoms with Gasteiger partial charge in [-0.15, -0.1) is 0 Å². The fourth-order valence-electron chi connectivity index (χ4n) is 11.7. The molecule has 9 amide bonds. The van der Waals surface area contributed by atoms with Crippen LogP contribution in [0.5, 0.6) is 23.0 Å². The number of carbonyl (C=O) groups is 12. The van der Waals surface area contributed by atoms with Gasteiger partial charge in [-0.25, -0.2) is 0 Å². The van der Waals surface area contributed by atoms with Crippen LogP contribution in [0.2, 0.25) is 0 Å². The number of phenolic OH excluding ortho intramolecular Hbond substituents is 3. The molecule has 34 nitrogen and oxygen atoms in total. The third-order valence-corrected chi connectivity index (χ3v) is 16.8. The standard InChI is InChI=1S/C64H86N10O24/c1-28(2)19-38(59(90)69-37-21-47(97-29(3)52(37)83)98-44-23-64(95,45(81)27-78)22-34-49(44)56(87)51-50(54(34)85)53(84)33-9-8-11-43(96-5)48(33)55(51)86)70-61(92)40(24-75)73-63(94)42(26-77)74-62(93)41(25-76)72-58(89)36(16-17-46(66)82)68-60(91)39(20-31-12-14-32(80)15-13-31)71-57(88)35(67-30(4)79)10-6-7-18-65/h8-9,11-15,28-29,35-42,44,47,52,75-78,80,83,85,87,95H,6-7,10,16-27,65H2,1-5H3,(H2,66,82)(H,67,79)(H,68,91)(H,69,90)(H,70,92)(H,71,88)(H,72,89)(H,73,94)(H,74,93)/t29?,35-,36-,37?,38-,39-,40-,41-,42-,44-,47?,52?,64-/m0/s1. The number of hydrogen-bond donors (Lipinski definition) is 19. The number of nitrogens with one attached hydrogen (secondary N) is 8. The van der Waals surface area contributed by atoms with Gasteiger partial charge in [0.2, 0.25) is 58.9 Å². The lowest BCUT2D eigenvalue weighted by Crippen LogP contribution is -2.62. The second kappa shape index (κ2) is 34.8. The molecule has 98 heavy (non-hydrogen) atoms. The van der Waals surface area contributed by atoms with Gasteiger partial charge in [0.15, 0.2) is 17.9 Å². The van der Waals surface area contributed by atoms with Crippen molar-refractivity contribution in [3.8, 4) is 23.0 Å². The SMILES string of the molecule is COc1cccc2c1C(=O)c1c(O)c3c(c(O)c1C2=O)C[C@@](O)(C(=O)CO)C[C@@H]3OC1CC(NC(=O)[C@H](CC(C)C)NC(=O)[C@H](CO)NC(=O)[C@H](CO)NC(=O)[C@H](CO)NC(=O)[C@H](CCC(N)=O)NC(=O)[C@H](Cc2ccc(O)cc2)NC(=O)[C@H](CCCCN)NC(C)=O)C(O)C(C)O1. The van der Waals surface area contributed by atoms with E-state index in [9.17, 15) is 103 Å². The van der Waals surface area contributed by atoms with Crippen LogP contribution in [0.3, 0.4) is 0 Å². The summed E-state index contributed by atoms with van der Waals surface area (Å²) < 4.78 is 17.6. The first-order chi connectivity index (χ1) is 46.3. The second-order valence-electron chi connectivity index (χ2n) is 24.6. The summed E-state index contributed by atoms with van der Waals surface area (Å²) >= 11 is 0. The highest BCUT2D eigenvalue weighted by Gasteiger charge is 2.51. The van der Waals surface area contributed by atoms with Gasteiger partial charge in [-0.2, -0.15) is 0 Å². The maximum atomic E-state index is 14.3. The van der Waals surface area contributed by atoms with Gasteiger partial charge in [0, 0.05) is 55.7 Å². The number of aliphatic hydroxyl groups excluding tert-OH is 5. The van der Waals surface area contributed by atoms with Gasteiger partial charge in [-0.3, -0.25) is 57.5 Å². The van der Waals surface area contributed by atoms with Crippen LogP contribution in [0.15, 0.2) is 42.5 Å². The molecule has 0 radical (unpaired) electrons. The average Bonchev–Trinajstić information content (AvgIpc) is 0.711. The number of nitrogens with two attached hydrogens (primary N) is 2. The Bertz CT molecular complexity index is 3480. The van der Waals surface area contributed by atoms with Gasteiger partial charge in [-0.1, -0.05) is 38.1 Å². The first-order valence-electron chi connectivity index (χ1n) is 31.6. The van der Waals surface area contributed by atoms with E-state index in [0.717, 1.165) is 0 Å². The van der Waals surface area contributed by atoms with E-state index in [-0.39, 0.29) is 65.5 Å². The molecule has 6 rings (SSSR count). The number of rotatable bonds is 34. The van der Waals surface area contributed by atoms with E-state index in [1.807, 2.05) is 0 Å². The minimum atomic E-state index is -2.52. The van der Waals surface area contributed by atoms with E-state index in [4.69, 9.17) is 25.7 Å². The summed E-state index contributed by atoms with van der Waals surface area (Å²) in [6, 6.07) is -3.39. The van der Waals surface area contributed by atoms with Crippen LogP contribution in [0.4, 0.5) is 0 Å². The Kier molecular flexibility index (Phi) is 27.6. The zero-order chi connectivity index (χ0) is 72.6. The van der Waals surface area contributed by atoms with E-state index in [1.54, 1.807) is 13.8 Å². The fourth-order valence-corrected chi connectivity index (χ4v) is 11.7. The number of amides is 9. The highest BCUT2D eigenvalue weighted by Crippen LogP contribution is 2.52. The van der Waals surface area contributed by atoms with Crippen LogP contribution in [0.1, 0.15) is 134 Å². The van der Waals surface area contributed by atoms with E-state index in [0.29, 0.717) is 18.4 Å². The number of primary amides is 1. The first kappa shape index (κ1) is 77.7. The molecule has 3 aliphatic rings. The van der Waals surface area contributed by atoms with Crippen molar-refractivity contribution in [2.45, 2.75) is 170 Å². The third kappa shape index (κ3) is 19.1. The van der Waals surface area contributed by atoms with Gasteiger partial charge in [0.05, 0.1) is 61.9 Å². The maximum Gasteiger partial charge on any atom is 0.245 e. The maximum absolute atomic E-state index is 14.3. The van der Waals surface area contributed by atoms with E-state index in [1.165, 1.54) is 63.4 Å². The van der Waals surface area contributed by atoms with Crippen molar-refractivity contribution >= 4 is 70.5 Å². The van der Waals surface area contributed by atoms with E-state index in [2.05, 4.69) is 42.5 Å². The molecule has 3 aromatic rings. The predicted molar refractivity (Wildman–Crippen MR) is 339 cm³/mol. The molecule has 21 N–H and O–H groups in total. The number of Topliss-reactive ketones (excluding diaryl/α,β-unsaturated/α-hetero) is 1. The Hall–Kier alpha value is -9.26. The molecular weight excluding hydrogens is 1290 g/mol. The number of hydrogen-bond acceptors (Lipinski definition) is 25. The average molecular weight is 1380 g/mol. The monoisotopic (exact) mass is 1380 g/mol. The van der Waals surface area contributed by atoms with Gasteiger partial charge < -0.3 is 114 Å². The third-order valence-electron chi connectivity index (χ3n) is 16.8. The summed E-state index contributed by atoms with van der Waals surface area (Å²) in [6.07, 6.45) is -8.24. The Labute approximate surface area is 561 Å². The molecule has 4 unspecified atom stereocenters. The summed E-state index contributed by atoms with van der Waals surface area (Å²) in [5.41, 5.74) is 6.45. The van der Waals surface area contributed by atoms with Crippen LogP contribution in [-0.4, -0.2) is 229 Å². The predicted octanol–water partition coefficient (Wildman–Crippen LogP) is -5.06. The largest absolute Gasteiger partial charge is 0.508 e. The van der Waals surface area contributed by atoms with Crippen molar-refractivity contribution in [2.24, 2.45) is 17.4 Å². The molecule has 2 aliphatic carbocycles. The number of ether oxygens (including phenoxy) is 3. The quantitative estimate of drug-likeness (QED) is 0.0154. The first-order valence-corrected chi connectivity index (χ1v) is 31.6. The Morgan fingerprint density at radius 2 is 1.20 bits per heavy atom. The minimum Gasteiger partial charge on any atom is -0.508 e. The molecule has 3 aromatic carbocycles. The summed E-state index contributed by atoms with van der Waals surface area (Å²) in [6.45, 7) is 1.45. The molecule has 0 bridgehead atoms. The smallest absolute Gasteiger partial charge is 0.245 e. The summed E-state index contributed by atoms with van der Waals surface area (Å²) in [7, 11) is 1.24. The van der Waals surface area contributed by atoms with Crippen molar-refractivity contribution in [3.63, 3.8) is 0 Å². The lowest BCUT2D eigenvalue weighted by atomic mass is 9.72. The molecule has 0 saturated carbocycles. The van der Waals surface area contributed by atoms with Gasteiger partial charge in [-0.05, 0) is 75.3 Å². The topological polar surface area (TPSA) is 563 Å². The highest BCUT2D eigenvalue weighted by atomic mass is 16.7. The van der Waals surface area contributed by atoms with Crippen molar-refractivity contribution in [3.05, 3.63) is 81.4 Å². The van der Waals surface area contributed by atoms with Crippen LogP contribution >= 0.6 is 0 Å². The molecule has 536 valence electrons. The Morgan fingerprint density at radius 3 is 1.73 bits per heavy atom. The van der Waals surface area contributed by atoms with Crippen molar-refractivity contribution in [1.29, 1.82) is 0 Å². The molecule has 1 fully saturated rings. The van der Waals surface area contributed by atoms with Crippen LogP contribution in [0, 0.1) is 5.92 Å². The molecule has 1 aliphatic heterocycles. The van der Waals surface area contributed by atoms with Gasteiger partial charge in [0.25, 0.3) is 0 Å². The van der Waals surface area contributed by atoms with E-state index < -0.39 is 230 Å². The summed E-state index contributed by atoms with van der Waals surface area (Å²) in [5.74, 6) is -14.5. The van der Waals surface area contributed by atoms with Crippen LogP contribution < -0.4 is 58.7 Å². The fraction of sp³-hybridized carbons (Fsp3) is 0.531. The lowest BCUT2D eigenvalue weighted by Gasteiger charge is -2.43. The number of aliphatic hydroxyl groups is 6. The molecule has 1 saturated heterocycles. The van der Waals surface area contributed by atoms with Crippen molar-refractivity contribution < 1.29 is 118 Å². The normalized spacial score (nSPS) is 20.8. The molecule has 34 heteroatoms. The highest BCUT2D eigenvalue weighted by molar-refractivity contribution is 6.31. The van der Waals surface area contributed by atoms with Crippen molar-refractivity contribution in [1.82, 2.24) is 42.5 Å². The Balaban J connectivity index is 1.14. The second-order valence-corrected chi connectivity index (χ2v) is 24.6. The number of aromatic hydroxyl groups is 3. The molecule has 0 aromatic heterocycles. The van der Waals surface area contributed by atoms with Crippen LogP contribution in [0.25, 0.3) is 0 Å². The van der Waals surface area contributed by atoms with E-state index >= 15 is 0 Å². The van der Waals surface area contributed by atoms with Crippen molar-refractivity contribution in [2.75, 3.05) is 40.1 Å². The number of fused-ring (bicyclic) bond motifs is 3. The zero-order valence-corrected chi connectivity index (χ0v) is 54.5. The number of ketones is 3. The number of unbranched alkanes of at least 4 members (excludes halogenated alkanes) is 1. The number of carbonyl (C=O) groups excluding carboxylic acids is 12. The number of methoxy groups -OCH3 is 1. The number of phenols is 3. The molecular formula is C64H86N10O24. The lowest BCUT2D eigenvalue weighted by molar-refractivity contribution is -0.249. The Morgan fingerprint density at radius 1 is 0.673 bits per heavy atom. The molecule has 0 spiro atoms. The zero-order valence-electron chi connectivity index (χ0n) is 54.5. The van der Waals surface area contributed by atoms with Crippen LogP contribution in [-0.2, 0) is 70.3 Å².